The summed E-state index contributed by atoms with van der Waals surface area (Å²) in [6.45, 7) is 10.0. The van der Waals surface area contributed by atoms with Gasteiger partial charge in [-0.3, -0.25) is 4.90 Å². The van der Waals surface area contributed by atoms with Crippen LogP contribution in [0.15, 0.2) is 23.2 Å². The van der Waals surface area contributed by atoms with E-state index < -0.39 is 0 Å². The molecule has 0 saturated carbocycles. The Morgan fingerprint density at radius 2 is 1.93 bits per heavy atom. The summed E-state index contributed by atoms with van der Waals surface area (Å²) >= 11 is 0. The van der Waals surface area contributed by atoms with Gasteiger partial charge in [0.15, 0.2) is 5.96 Å². The first kappa shape index (κ1) is 25.1. The molecule has 1 unspecified atom stereocenters. The van der Waals surface area contributed by atoms with Gasteiger partial charge in [0.05, 0.1) is 18.3 Å². The van der Waals surface area contributed by atoms with Crippen molar-refractivity contribution in [3.05, 3.63) is 29.6 Å². The topological polar surface area (TPSA) is 63.1 Å². The zero-order chi connectivity index (χ0) is 20.6. The van der Waals surface area contributed by atoms with Crippen LogP contribution in [0, 0.1) is 5.82 Å². The molecule has 8 heteroatoms. The summed E-state index contributed by atoms with van der Waals surface area (Å²) in [7, 11) is 0. The number of rotatable bonds is 7. The van der Waals surface area contributed by atoms with Crippen LogP contribution in [0.2, 0.25) is 0 Å². The third-order valence-electron chi connectivity index (χ3n) is 5.99. The minimum Gasteiger partial charge on any atom is -0.393 e. The summed E-state index contributed by atoms with van der Waals surface area (Å²) < 4.78 is 14.6. The number of guanidine groups is 1. The summed E-state index contributed by atoms with van der Waals surface area (Å²) in [5.41, 5.74) is 1.48. The maximum atomic E-state index is 14.6. The summed E-state index contributed by atoms with van der Waals surface area (Å²) in [6.07, 6.45) is 3.61. The molecule has 2 aliphatic rings. The number of anilines is 1. The molecule has 2 saturated heterocycles. The van der Waals surface area contributed by atoms with Crippen LogP contribution >= 0.6 is 24.0 Å². The number of aliphatic imine (C=N–C) groups is 1. The number of piperidine rings is 1. The highest BCUT2D eigenvalue weighted by Crippen LogP contribution is 2.24. The molecule has 2 aliphatic heterocycles. The number of nitrogens with one attached hydrogen (secondary N) is 2. The lowest BCUT2D eigenvalue weighted by Gasteiger charge is -2.31. The van der Waals surface area contributed by atoms with Crippen molar-refractivity contribution in [3.63, 3.8) is 0 Å². The summed E-state index contributed by atoms with van der Waals surface area (Å²) in [5.74, 6) is 0.571. The van der Waals surface area contributed by atoms with E-state index in [4.69, 9.17) is 0 Å². The Hall–Kier alpha value is -1.13. The molecule has 170 valence electrons. The van der Waals surface area contributed by atoms with Gasteiger partial charge in [-0.15, -0.1) is 24.0 Å². The molecule has 1 aromatic rings. The fourth-order valence-corrected chi connectivity index (χ4v) is 4.28. The highest BCUT2D eigenvalue weighted by Gasteiger charge is 2.23. The quantitative estimate of drug-likeness (QED) is 0.286. The van der Waals surface area contributed by atoms with Gasteiger partial charge in [0.1, 0.15) is 5.82 Å². The van der Waals surface area contributed by atoms with E-state index >= 15 is 0 Å². The normalized spacial score (nSPS) is 20.9. The number of likely N-dealkylation sites (tertiary alicyclic amines) is 1. The standard InChI is InChI=1S/C22H36FN5O.HI/c1-3-24-22(26-16-18-6-5-11-27(18)4-2)25-15-17-7-8-21(20(23)14-17)28-12-9-19(29)10-13-28;/h7-8,14,18-19,29H,3-6,9-13,15-16H2,1-2H3,(H2,24,25,26);1H. The average Bonchev–Trinajstić information content (AvgIpc) is 3.18. The zero-order valence-corrected chi connectivity index (χ0v) is 20.6. The van der Waals surface area contributed by atoms with Crippen LogP contribution in [0.3, 0.4) is 0 Å². The van der Waals surface area contributed by atoms with Crippen molar-refractivity contribution in [2.75, 3.05) is 44.2 Å². The average molecular weight is 533 g/mol. The Labute approximate surface area is 197 Å². The lowest BCUT2D eigenvalue weighted by molar-refractivity contribution is 0.145. The third-order valence-corrected chi connectivity index (χ3v) is 5.99. The van der Waals surface area contributed by atoms with E-state index in [0.717, 1.165) is 31.2 Å². The molecule has 1 aromatic carbocycles. The Bertz CT molecular complexity index is 681. The number of likely N-dealkylation sites (N-methyl/N-ethyl adjacent to an activating group) is 1. The van der Waals surface area contributed by atoms with Gasteiger partial charge in [-0.05, 0) is 63.4 Å². The van der Waals surface area contributed by atoms with Crippen LogP contribution in [0.5, 0.6) is 0 Å². The van der Waals surface area contributed by atoms with E-state index in [2.05, 4.69) is 34.4 Å². The van der Waals surface area contributed by atoms with Gasteiger partial charge in [0.25, 0.3) is 0 Å². The van der Waals surface area contributed by atoms with E-state index in [-0.39, 0.29) is 35.9 Å². The predicted octanol–water partition coefficient (Wildman–Crippen LogP) is 2.94. The van der Waals surface area contributed by atoms with Crippen molar-refractivity contribution in [3.8, 4) is 0 Å². The Morgan fingerprint density at radius 1 is 1.17 bits per heavy atom. The fraction of sp³-hybridized carbons (Fsp3) is 0.682. The second-order valence-electron chi connectivity index (χ2n) is 8.00. The first-order valence-corrected chi connectivity index (χ1v) is 11.1. The largest absolute Gasteiger partial charge is 0.393 e. The molecular weight excluding hydrogens is 496 g/mol. The number of hydrogen-bond donors (Lipinski definition) is 3. The summed E-state index contributed by atoms with van der Waals surface area (Å²) in [5, 5.41) is 16.4. The van der Waals surface area contributed by atoms with Gasteiger partial charge in [0, 0.05) is 32.2 Å². The Kier molecular flexibility index (Phi) is 10.6. The van der Waals surface area contributed by atoms with E-state index in [1.165, 1.54) is 19.4 Å². The monoisotopic (exact) mass is 533 g/mol. The highest BCUT2D eigenvalue weighted by molar-refractivity contribution is 14.0. The summed E-state index contributed by atoms with van der Waals surface area (Å²) in [4.78, 5) is 9.17. The van der Waals surface area contributed by atoms with Crippen LogP contribution in [-0.4, -0.2) is 67.4 Å². The number of hydrogen-bond acceptors (Lipinski definition) is 4. The van der Waals surface area contributed by atoms with Crippen LogP contribution in [0.25, 0.3) is 0 Å². The minimum atomic E-state index is -0.256. The molecule has 0 bridgehead atoms. The van der Waals surface area contributed by atoms with Crippen molar-refractivity contribution >= 4 is 35.6 Å². The van der Waals surface area contributed by atoms with Gasteiger partial charge in [0.2, 0.25) is 0 Å². The Balaban J connectivity index is 0.00000320. The number of aliphatic hydroxyl groups is 1. The molecule has 3 rings (SSSR count). The number of benzene rings is 1. The molecule has 0 radical (unpaired) electrons. The van der Waals surface area contributed by atoms with E-state index in [1.807, 2.05) is 17.0 Å². The third kappa shape index (κ3) is 6.95. The SMILES string of the molecule is CCNC(=NCc1ccc(N2CCC(O)CC2)c(F)c1)NCC1CCCN1CC.I. The van der Waals surface area contributed by atoms with Gasteiger partial charge in [-0.2, -0.15) is 0 Å². The van der Waals surface area contributed by atoms with Crippen LogP contribution in [-0.2, 0) is 6.54 Å². The smallest absolute Gasteiger partial charge is 0.191 e. The van der Waals surface area contributed by atoms with Gasteiger partial charge >= 0.3 is 0 Å². The number of aliphatic hydroxyl groups excluding tert-OH is 1. The van der Waals surface area contributed by atoms with Crippen LogP contribution < -0.4 is 15.5 Å². The van der Waals surface area contributed by atoms with Crippen molar-refractivity contribution in [2.24, 2.45) is 4.99 Å². The van der Waals surface area contributed by atoms with Gasteiger partial charge < -0.3 is 20.6 Å². The molecule has 0 amide bonds. The van der Waals surface area contributed by atoms with Gasteiger partial charge in [-0.25, -0.2) is 9.38 Å². The van der Waals surface area contributed by atoms with E-state index in [0.29, 0.717) is 44.2 Å². The first-order valence-electron chi connectivity index (χ1n) is 11.1. The molecule has 2 fully saturated rings. The molecule has 2 heterocycles. The van der Waals surface area contributed by atoms with E-state index in [1.54, 1.807) is 6.07 Å². The molecule has 0 spiro atoms. The highest BCUT2D eigenvalue weighted by atomic mass is 127. The van der Waals surface area contributed by atoms with Crippen molar-refractivity contribution in [1.29, 1.82) is 0 Å². The second kappa shape index (κ2) is 12.7. The Morgan fingerprint density at radius 3 is 2.60 bits per heavy atom. The number of nitrogens with zero attached hydrogens (tertiary/aromatic N) is 3. The lowest BCUT2D eigenvalue weighted by Crippen LogP contribution is -2.44. The van der Waals surface area contributed by atoms with Crippen LogP contribution in [0.1, 0.15) is 45.1 Å². The maximum Gasteiger partial charge on any atom is 0.191 e. The molecular formula is C22H37FIN5O. The lowest BCUT2D eigenvalue weighted by atomic mass is 10.1. The van der Waals surface area contributed by atoms with Gasteiger partial charge in [-0.1, -0.05) is 13.0 Å². The molecule has 3 N–H and O–H groups in total. The van der Waals surface area contributed by atoms with E-state index in [9.17, 15) is 9.50 Å². The molecule has 0 aliphatic carbocycles. The van der Waals surface area contributed by atoms with Crippen molar-refractivity contribution in [1.82, 2.24) is 15.5 Å². The first-order chi connectivity index (χ1) is 14.1. The zero-order valence-electron chi connectivity index (χ0n) is 18.2. The number of halogens is 2. The molecule has 1 atom stereocenters. The van der Waals surface area contributed by atoms with Crippen molar-refractivity contribution in [2.45, 2.75) is 58.2 Å². The second-order valence-corrected chi connectivity index (χ2v) is 8.00. The fourth-order valence-electron chi connectivity index (χ4n) is 4.28. The maximum absolute atomic E-state index is 14.6. The molecule has 6 nitrogen and oxygen atoms in total. The predicted molar refractivity (Wildman–Crippen MR) is 132 cm³/mol. The summed E-state index contributed by atoms with van der Waals surface area (Å²) in [6, 6.07) is 5.94. The molecule has 30 heavy (non-hydrogen) atoms. The minimum absolute atomic E-state index is 0. The molecule has 0 aromatic heterocycles. The van der Waals surface area contributed by atoms with Crippen LogP contribution in [0.4, 0.5) is 10.1 Å². The van der Waals surface area contributed by atoms with Crippen molar-refractivity contribution < 1.29 is 9.50 Å².